The number of aromatic carboxylic acids is 1. The molecule has 0 radical (unpaired) electrons. The molecule has 1 aliphatic rings. The molecule has 2 aromatic rings. The number of hydrogen-bond donors (Lipinski definition) is 3. The maximum atomic E-state index is 12.9. The summed E-state index contributed by atoms with van der Waals surface area (Å²) in [5.74, 6) is -2.61. The fourth-order valence-corrected chi connectivity index (χ4v) is 4.54. The van der Waals surface area contributed by atoms with Crippen molar-refractivity contribution in [2.75, 3.05) is 29.8 Å². The van der Waals surface area contributed by atoms with E-state index in [9.17, 15) is 31.5 Å². The van der Waals surface area contributed by atoms with E-state index in [4.69, 9.17) is 26.2 Å². The number of carbonyl (C=O) groups is 2. The number of alkyl halides is 3. The lowest BCUT2D eigenvalue weighted by molar-refractivity contribution is -0.192. The summed E-state index contributed by atoms with van der Waals surface area (Å²) in [7, 11) is -2.59. The molecule has 198 valence electrons. The molecule has 0 aliphatic carbocycles. The van der Waals surface area contributed by atoms with E-state index in [1.807, 2.05) is 4.90 Å². The molecule has 1 saturated heterocycles. The number of methoxy groups -OCH3 is 1. The van der Waals surface area contributed by atoms with Crippen molar-refractivity contribution in [3.05, 3.63) is 41.0 Å². The maximum absolute atomic E-state index is 12.9. The SMILES string of the molecule is COc1ccc(S(=O)(=O)Nc2cc(C(=O)O)cnc2N2CCC(C)CC2)cc1Cl.O=C(O)C(F)(F)F. The molecule has 0 spiro atoms. The Morgan fingerprint density at radius 3 is 2.25 bits per heavy atom. The fourth-order valence-electron chi connectivity index (χ4n) is 3.14. The van der Waals surface area contributed by atoms with Crippen LogP contribution in [0, 0.1) is 5.92 Å². The Balaban J connectivity index is 0.000000572. The highest BCUT2D eigenvalue weighted by atomic mass is 35.5. The number of nitrogens with zero attached hydrogens (tertiary/aromatic N) is 2. The molecule has 3 rings (SSSR count). The Labute approximate surface area is 209 Å². The van der Waals surface area contributed by atoms with Crippen LogP contribution in [0.25, 0.3) is 0 Å². The third kappa shape index (κ3) is 7.62. The van der Waals surface area contributed by atoms with Crippen LogP contribution in [0.4, 0.5) is 24.7 Å². The monoisotopic (exact) mass is 553 g/mol. The van der Waals surface area contributed by atoms with E-state index >= 15 is 0 Å². The summed E-state index contributed by atoms with van der Waals surface area (Å²) in [6.07, 6.45) is -1.96. The van der Waals surface area contributed by atoms with Crippen molar-refractivity contribution in [2.24, 2.45) is 5.92 Å². The Bertz CT molecular complexity index is 1220. The van der Waals surface area contributed by atoms with E-state index in [0.717, 1.165) is 12.8 Å². The number of carboxylic acid groups (broad SMARTS) is 2. The quantitative estimate of drug-likeness (QED) is 0.481. The van der Waals surface area contributed by atoms with Gasteiger partial charge in [0.05, 0.1) is 28.3 Å². The van der Waals surface area contributed by atoms with Crippen LogP contribution < -0.4 is 14.4 Å². The van der Waals surface area contributed by atoms with Crippen molar-refractivity contribution < 1.29 is 46.1 Å². The second kappa shape index (κ2) is 11.6. The van der Waals surface area contributed by atoms with E-state index in [1.54, 1.807) is 0 Å². The molecular weight excluding hydrogens is 531 g/mol. The molecule has 1 aliphatic heterocycles. The predicted molar refractivity (Wildman–Crippen MR) is 124 cm³/mol. The number of aliphatic carboxylic acids is 1. The van der Waals surface area contributed by atoms with E-state index in [1.165, 1.54) is 37.6 Å². The van der Waals surface area contributed by atoms with Crippen LogP contribution in [0.3, 0.4) is 0 Å². The molecule has 0 atom stereocenters. The topological polar surface area (TPSA) is 146 Å². The first-order valence-corrected chi connectivity index (χ1v) is 12.2. The van der Waals surface area contributed by atoms with Crippen molar-refractivity contribution in [1.29, 1.82) is 0 Å². The molecule has 1 fully saturated rings. The van der Waals surface area contributed by atoms with Crippen LogP contribution in [0.1, 0.15) is 30.1 Å². The van der Waals surface area contributed by atoms with Gasteiger partial charge in [0.1, 0.15) is 5.75 Å². The van der Waals surface area contributed by atoms with Crippen LogP contribution in [-0.2, 0) is 14.8 Å². The fraction of sp³-hybridized carbons (Fsp3) is 0.381. The Hall–Kier alpha value is -3.26. The first-order chi connectivity index (χ1) is 16.7. The number of ether oxygens (including phenoxy) is 1. The minimum Gasteiger partial charge on any atom is -0.495 e. The number of sulfonamides is 1. The molecule has 2 heterocycles. The third-order valence-electron chi connectivity index (χ3n) is 5.12. The highest BCUT2D eigenvalue weighted by Gasteiger charge is 2.38. The molecule has 10 nitrogen and oxygen atoms in total. The van der Waals surface area contributed by atoms with Crippen molar-refractivity contribution >= 4 is 45.1 Å². The number of piperidine rings is 1. The molecule has 1 aromatic heterocycles. The first kappa shape index (κ1) is 29.0. The van der Waals surface area contributed by atoms with Gasteiger partial charge in [-0.2, -0.15) is 13.2 Å². The normalized spacial score (nSPS) is 14.4. The summed E-state index contributed by atoms with van der Waals surface area (Å²) in [5.41, 5.74) is 0.0102. The highest BCUT2D eigenvalue weighted by molar-refractivity contribution is 7.92. The average molecular weight is 554 g/mol. The van der Waals surface area contributed by atoms with Crippen molar-refractivity contribution in [1.82, 2.24) is 4.98 Å². The van der Waals surface area contributed by atoms with Gasteiger partial charge in [0.15, 0.2) is 5.82 Å². The van der Waals surface area contributed by atoms with Gasteiger partial charge >= 0.3 is 18.1 Å². The van der Waals surface area contributed by atoms with Gasteiger partial charge < -0.3 is 19.8 Å². The summed E-state index contributed by atoms with van der Waals surface area (Å²) < 4.78 is 65.1. The van der Waals surface area contributed by atoms with Crippen LogP contribution >= 0.6 is 11.6 Å². The van der Waals surface area contributed by atoms with Gasteiger partial charge in [0.2, 0.25) is 0 Å². The minimum atomic E-state index is -5.08. The number of aromatic nitrogens is 1. The highest BCUT2D eigenvalue weighted by Crippen LogP contribution is 2.32. The standard InChI is InChI=1S/C19H22ClN3O5S.C2HF3O2/c1-12-5-7-23(8-6-12)18-16(9-13(11-21-18)19(24)25)22-29(26,27)14-3-4-17(28-2)15(20)10-14;3-2(4,5)1(6)7/h3-4,9-12,22H,5-8H2,1-2H3,(H,24,25);(H,6,7). The average Bonchev–Trinajstić information content (AvgIpc) is 2.79. The second-order valence-corrected chi connectivity index (χ2v) is 9.86. The van der Waals surface area contributed by atoms with Gasteiger partial charge in [0, 0.05) is 19.3 Å². The number of benzene rings is 1. The molecule has 3 N–H and O–H groups in total. The first-order valence-electron chi connectivity index (χ1n) is 10.3. The molecule has 36 heavy (non-hydrogen) atoms. The number of anilines is 2. The molecule has 1 aromatic carbocycles. The number of hydrogen-bond acceptors (Lipinski definition) is 7. The summed E-state index contributed by atoms with van der Waals surface area (Å²) in [5, 5.41) is 16.6. The van der Waals surface area contributed by atoms with Gasteiger partial charge in [-0.15, -0.1) is 0 Å². The van der Waals surface area contributed by atoms with Crippen molar-refractivity contribution in [2.45, 2.75) is 30.8 Å². The molecule has 0 unspecified atom stereocenters. The second-order valence-electron chi connectivity index (χ2n) is 7.77. The van der Waals surface area contributed by atoms with Crippen LogP contribution in [-0.4, -0.2) is 61.9 Å². The number of carboxylic acids is 2. The lowest BCUT2D eigenvalue weighted by Crippen LogP contribution is -2.34. The predicted octanol–water partition coefficient (Wildman–Crippen LogP) is 4.11. The third-order valence-corrected chi connectivity index (χ3v) is 6.78. The summed E-state index contributed by atoms with van der Waals surface area (Å²) in [6, 6.07) is 5.38. The zero-order valence-electron chi connectivity index (χ0n) is 19.0. The van der Waals surface area contributed by atoms with E-state index in [2.05, 4.69) is 16.6 Å². The smallest absolute Gasteiger partial charge is 0.490 e. The van der Waals surface area contributed by atoms with Gasteiger partial charge in [0.25, 0.3) is 10.0 Å². The van der Waals surface area contributed by atoms with Crippen molar-refractivity contribution in [3.8, 4) is 5.75 Å². The molecule has 0 saturated carbocycles. The van der Waals surface area contributed by atoms with Crippen LogP contribution in [0.15, 0.2) is 35.4 Å². The molecular formula is C21H23ClF3N3O7S. The minimum absolute atomic E-state index is 0.0674. The van der Waals surface area contributed by atoms with Crippen LogP contribution in [0.5, 0.6) is 5.75 Å². The Morgan fingerprint density at radius 1 is 1.19 bits per heavy atom. The lowest BCUT2D eigenvalue weighted by atomic mass is 9.99. The number of rotatable bonds is 6. The zero-order valence-corrected chi connectivity index (χ0v) is 20.6. The van der Waals surface area contributed by atoms with E-state index < -0.39 is 28.1 Å². The largest absolute Gasteiger partial charge is 0.495 e. The maximum Gasteiger partial charge on any atom is 0.490 e. The lowest BCUT2D eigenvalue weighted by Gasteiger charge is -2.32. The van der Waals surface area contributed by atoms with Gasteiger partial charge in [-0.3, -0.25) is 4.72 Å². The Morgan fingerprint density at radius 2 is 1.78 bits per heavy atom. The molecule has 0 amide bonds. The van der Waals surface area contributed by atoms with Gasteiger partial charge in [-0.25, -0.2) is 23.0 Å². The number of pyridine rings is 1. The molecule has 15 heteroatoms. The summed E-state index contributed by atoms with van der Waals surface area (Å²) in [6.45, 7) is 3.59. The van der Waals surface area contributed by atoms with E-state index in [0.29, 0.717) is 30.6 Å². The van der Waals surface area contributed by atoms with Crippen molar-refractivity contribution in [3.63, 3.8) is 0 Å². The Kier molecular flexibility index (Phi) is 9.38. The molecule has 0 bridgehead atoms. The summed E-state index contributed by atoms with van der Waals surface area (Å²) >= 11 is 6.06. The number of halogens is 4. The van der Waals surface area contributed by atoms with Gasteiger partial charge in [-0.1, -0.05) is 18.5 Å². The van der Waals surface area contributed by atoms with Crippen LogP contribution in [0.2, 0.25) is 5.02 Å². The number of nitrogens with one attached hydrogen (secondary N) is 1. The zero-order chi connectivity index (χ0) is 27.3. The summed E-state index contributed by atoms with van der Waals surface area (Å²) in [4.78, 5) is 26.4. The van der Waals surface area contributed by atoms with Gasteiger partial charge in [-0.05, 0) is 43.0 Å². The van der Waals surface area contributed by atoms with E-state index in [-0.39, 0.29) is 21.2 Å².